The Hall–Kier alpha value is -3.41. The van der Waals surface area contributed by atoms with Crippen LogP contribution in [0.2, 0.25) is 0 Å². The van der Waals surface area contributed by atoms with E-state index >= 15 is 0 Å². The van der Waals surface area contributed by atoms with E-state index in [0.717, 1.165) is 71.2 Å². The standard InChI is InChI=1S/C29H34N2O4/c1-19(16-27(32)31-14-12-30(13-15-31)21-8-7-9-22(17-21)33-3)24-18-25-23-10-5-6-11-26(23)35-29(25)20(2)28(24)34-4/h7-9,16-18H,5-6,10-15H2,1-4H3/b19-16+. The number of piperazine rings is 1. The van der Waals surface area contributed by atoms with Gasteiger partial charge in [0.05, 0.1) is 14.2 Å². The van der Waals surface area contributed by atoms with Crippen LogP contribution < -0.4 is 14.4 Å². The van der Waals surface area contributed by atoms with Crippen LogP contribution in [0.4, 0.5) is 5.69 Å². The van der Waals surface area contributed by atoms with Gasteiger partial charge in [0.2, 0.25) is 5.91 Å². The van der Waals surface area contributed by atoms with E-state index in [2.05, 4.69) is 17.0 Å². The quantitative estimate of drug-likeness (QED) is 0.464. The van der Waals surface area contributed by atoms with E-state index in [9.17, 15) is 4.79 Å². The van der Waals surface area contributed by atoms with Crippen LogP contribution in [0.1, 0.15) is 42.2 Å². The molecule has 2 aliphatic rings. The minimum absolute atomic E-state index is 0.0433. The van der Waals surface area contributed by atoms with Gasteiger partial charge in [-0.25, -0.2) is 0 Å². The van der Waals surface area contributed by atoms with Gasteiger partial charge in [0, 0.05) is 72.5 Å². The minimum atomic E-state index is 0.0433. The predicted molar refractivity (Wildman–Crippen MR) is 140 cm³/mol. The van der Waals surface area contributed by atoms with Gasteiger partial charge in [-0.2, -0.15) is 0 Å². The molecule has 2 aromatic carbocycles. The zero-order chi connectivity index (χ0) is 24.5. The molecular formula is C29H34N2O4. The number of hydrogen-bond donors (Lipinski definition) is 0. The molecule has 0 spiro atoms. The van der Waals surface area contributed by atoms with Crippen LogP contribution >= 0.6 is 0 Å². The second-order valence-electron chi connectivity index (χ2n) is 9.51. The van der Waals surface area contributed by atoms with Crippen molar-refractivity contribution in [3.63, 3.8) is 0 Å². The molecule has 0 N–H and O–H groups in total. The lowest BCUT2D eigenvalue weighted by molar-refractivity contribution is -0.126. The van der Waals surface area contributed by atoms with Crippen LogP contribution in [-0.4, -0.2) is 51.2 Å². The highest BCUT2D eigenvalue weighted by Crippen LogP contribution is 2.41. The molecule has 1 fully saturated rings. The molecule has 35 heavy (non-hydrogen) atoms. The van der Waals surface area contributed by atoms with Gasteiger partial charge in [0.15, 0.2) is 0 Å². The number of furan rings is 1. The van der Waals surface area contributed by atoms with E-state index in [1.165, 1.54) is 23.8 Å². The number of hydrogen-bond acceptors (Lipinski definition) is 5. The van der Waals surface area contributed by atoms with E-state index in [1.54, 1.807) is 20.3 Å². The Balaban J connectivity index is 1.36. The Kier molecular flexibility index (Phi) is 6.46. The van der Waals surface area contributed by atoms with E-state index in [0.29, 0.717) is 13.1 Å². The Morgan fingerprint density at radius 1 is 1.03 bits per heavy atom. The molecule has 0 bridgehead atoms. The maximum Gasteiger partial charge on any atom is 0.246 e. The van der Waals surface area contributed by atoms with Crippen molar-refractivity contribution in [1.29, 1.82) is 0 Å². The highest BCUT2D eigenvalue weighted by Gasteiger charge is 2.24. The van der Waals surface area contributed by atoms with Crippen molar-refractivity contribution in [3.8, 4) is 11.5 Å². The van der Waals surface area contributed by atoms with E-state index in [1.807, 2.05) is 36.9 Å². The third-order valence-electron chi connectivity index (χ3n) is 7.41. The summed E-state index contributed by atoms with van der Waals surface area (Å²) in [5.74, 6) is 2.79. The predicted octanol–water partition coefficient (Wildman–Crippen LogP) is 5.39. The van der Waals surface area contributed by atoms with Gasteiger partial charge in [0.1, 0.15) is 22.8 Å². The lowest BCUT2D eigenvalue weighted by Crippen LogP contribution is -2.48. The normalized spacial score (nSPS) is 16.4. The number of amides is 1. The SMILES string of the molecule is COc1cccc(N2CCN(C(=O)/C=C(\C)c3cc4c5c(oc4c(C)c3OC)CCCC5)CC2)c1. The summed E-state index contributed by atoms with van der Waals surface area (Å²) in [6, 6.07) is 10.2. The molecule has 1 saturated heterocycles. The Morgan fingerprint density at radius 3 is 2.54 bits per heavy atom. The third-order valence-corrected chi connectivity index (χ3v) is 7.41. The molecule has 2 heterocycles. The lowest BCUT2D eigenvalue weighted by atomic mass is 9.93. The van der Waals surface area contributed by atoms with Gasteiger partial charge in [-0.05, 0) is 56.9 Å². The average Bonchev–Trinajstić information content (AvgIpc) is 3.28. The Bertz CT molecular complexity index is 1280. The van der Waals surface area contributed by atoms with Crippen LogP contribution in [0.5, 0.6) is 11.5 Å². The Morgan fingerprint density at radius 2 is 1.80 bits per heavy atom. The number of methoxy groups -OCH3 is 2. The first-order chi connectivity index (χ1) is 17.0. The molecule has 6 heteroatoms. The molecule has 0 atom stereocenters. The summed E-state index contributed by atoms with van der Waals surface area (Å²) < 4.78 is 17.4. The summed E-state index contributed by atoms with van der Waals surface area (Å²) in [5, 5.41) is 1.17. The average molecular weight is 475 g/mol. The molecule has 1 aliphatic carbocycles. The summed E-state index contributed by atoms with van der Waals surface area (Å²) in [7, 11) is 3.37. The van der Waals surface area contributed by atoms with Gasteiger partial charge >= 0.3 is 0 Å². The first kappa shape index (κ1) is 23.3. The smallest absolute Gasteiger partial charge is 0.246 e. The number of aryl methyl sites for hydroxylation is 3. The van der Waals surface area contributed by atoms with E-state index in [-0.39, 0.29) is 5.91 Å². The maximum atomic E-state index is 13.2. The highest BCUT2D eigenvalue weighted by molar-refractivity contribution is 5.98. The highest BCUT2D eigenvalue weighted by atomic mass is 16.5. The second-order valence-corrected chi connectivity index (χ2v) is 9.51. The number of carbonyl (C=O) groups excluding carboxylic acids is 1. The van der Waals surface area contributed by atoms with Crippen LogP contribution in [0.15, 0.2) is 40.8 Å². The van der Waals surface area contributed by atoms with Crippen LogP contribution in [0, 0.1) is 6.92 Å². The zero-order valence-electron chi connectivity index (χ0n) is 21.1. The van der Waals surface area contributed by atoms with Crippen molar-refractivity contribution in [1.82, 2.24) is 4.90 Å². The molecule has 5 rings (SSSR count). The van der Waals surface area contributed by atoms with Crippen LogP contribution in [0.3, 0.4) is 0 Å². The number of fused-ring (bicyclic) bond motifs is 3. The number of rotatable bonds is 5. The second kappa shape index (κ2) is 9.68. The third kappa shape index (κ3) is 4.38. The van der Waals surface area contributed by atoms with Gasteiger partial charge in [-0.3, -0.25) is 4.79 Å². The van der Waals surface area contributed by atoms with Crippen molar-refractivity contribution in [3.05, 3.63) is 58.9 Å². The zero-order valence-corrected chi connectivity index (χ0v) is 21.1. The fraction of sp³-hybridized carbons (Fsp3) is 0.414. The van der Waals surface area contributed by atoms with E-state index < -0.39 is 0 Å². The molecule has 0 radical (unpaired) electrons. The fourth-order valence-corrected chi connectivity index (χ4v) is 5.44. The first-order valence-electron chi connectivity index (χ1n) is 12.5. The molecule has 1 aromatic heterocycles. The van der Waals surface area contributed by atoms with Crippen molar-refractivity contribution in [2.75, 3.05) is 45.3 Å². The van der Waals surface area contributed by atoms with Crippen molar-refractivity contribution in [2.45, 2.75) is 39.5 Å². The number of nitrogens with zero attached hydrogens (tertiary/aromatic N) is 2. The van der Waals surface area contributed by atoms with Gasteiger partial charge < -0.3 is 23.7 Å². The van der Waals surface area contributed by atoms with E-state index in [4.69, 9.17) is 13.9 Å². The summed E-state index contributed by atoms with van der Waals surface area (Å²) in [4.78, 5) is 17.4. The number of ether oxygens (including phenoxy) is 2. The molecule has 184 valence electrons. The number of carbonyl (C=O) groups is 1. The molecule has 0 saturated carbocycles. The molecular weight excluding hydrogens is 440 g/mol. The van der Waals surface area contributed by atoms with Gasteiger partial charge in [0.25, 0.3) is 0 Å². The van der Waals surface area contributed by atoms with Crippen molar-refractivity contribution >= 4 is 28.1 Å². The molecule has 1 aliphatic heterocycles. The monoisotopic (exact) mass is 474 g/mol. The minimum Gasteiger partial charge on any atom is -0.497 e. The fourth-order valence-electron chi connectivity index (χ4n) is 5.44. The van der Waals surface area contributed by atoms with Crippen molar-refractivity contribution < 1.29 is 18.7 Å². The van der Waals surface area contributed by atoms with Gasteiger partial charge in [-0.15, -0.1) is 0 Å². The maximum absolute atomic E-state index is 13.2. The lowest BCUT2D eigenvalue weighted by Gasteiger charge is -2.35. The topological polar surface area (TPSA) is 55.2 Å². The molecule has 1 amide bonds. The summed E-state index contributed by atoms with van der Waals surface area (Å²) >= 11 is 0. The molecule has 6 nitrogen and oxygen atoms in total. The number of anilines is 1. The molecule has 0 unspecified atom stereocenters. The van der Waals surface area contributed by atoms with Crippen molar-refractivity contribution in [2.24, 2.45) is 0 Å². The van der Waals surface area contributed by atoms with Crippen LogP contribution in [-0.2, 0) is 17.6 Å². The van der Waals surface area contributed by atoms with Crippen LogP contribution in [0.25, 0.3) is 16.5 Å². The summed E-state index contributed by atoms with van der Waals surface area (Å²) in [6.07, 6.45) is 6.17. The van der Waals surface area contributed by atoms with Gasteiger partial charge in [-0.1, -0.05) is 6.07 Å². The molecule has 3 aromatic rings. The largest absolute Gasteiger partial charge is 0.497 e. The number of allylic oxidation sites excluding steroid dienone is 1. The Labute approximate surface area is 207 Å². The first-order valence-corrected chi connectivity index (χ1v) is 12.5. The summed E-state index contributed by atoms with van der Waals surface area (Å²) in [5.41, 5.74) is 6.26. The number of benzene rings is 2. The summed E-state index contributed by atoms with van der Waals surface area (Å²) in [6.45, 7) is 7.00.